The fourth-order valence-corrected chi connectivity index (χ4v) is 9.44. The summed E-state index contributed by atoms with van der Waals surface area (Å²) in [6.45, 7) is 6.67. The molecule has 0 saturated heterocycles. The Hall–Kier alpha value is -2.11. The molecule has 1 atom stereocenters. The first kappa shape index (κ1) is 67.9. The van der Waals surface area contributed by atoms with Crippen molar-refractivity contribution in [2.24, 2.45) is 0 Å². The zero-order chi connectivity index (χ0) is 50.7. The lowest BCUT2D eigenvalue weighted by atomic mass is 10.0. The fraction of sp³-hybridized carbons (Fsp3) is 0.891. The van der Waals surface area contributed by atoms with E-state index in [0.29, 0.717) is 19.3 Å². The Morgan fingerprint density at radius 2 is 0.471 bits per heavy atom. The lowest BCUT2D eigenvalue weighted by molar-refractivity contribution is -0.167. The molecule has 0 spiro atoms. The van der Waals surface area contributed by atoms with Gasteiger partial charge in [0.15, 0.2) is 6.10 Å². The van der Waals surface area contributed by atoms with Gasteiger partial charge in [-0.3, -0.25) is 14.4 Å². The highest BCUT2D eigenvalue weighted by molar-refractivity contribution is 5.71. The minimum Gasteiger partial charge on any atom is -0.462 e. The summed E-state index contributed by atoms with van der Waals surface area (Å²) in [6, 6.07) is 0. The molecule has 0 aliphatic heterocycles. The van der Waals surface area contributed by atoms with Crippen molar-refractivity contribution in [3.05, 3.63) is 24.3 Å². The van der Waals surface area contributed by atoms with Crippen molar-refractivity contribution >= 4 is 17.9 Å². The first-order valence-electron chi connectivity index (χ1n) is 31.3. The van der Waals surface area contributed by atoms with Gasteiger partial charge in [0.25, 0.3) is 0 Å². The number of carbonyl (C=O) groups is 3. The smallest absolute Gasteiger partial charge is 0.306 e. The Bertz CT molecular complexity index is 1130. The average Bonchev–Trinajstić information content (AvgIpc) is 3.36. The topological polar surface area (TPSA) is 78.9 Å². The van der Waals surface area contributed by atoms with E-state index in [1.165, 1.54) is 244 Å². The molecule has 0 aromatic carbocycles. The zero-order valence-corrected chi connectivity index (χ0v) is 47.3. The van der Waals surface area contributed by atoms with Crippen molar-refractivity contribution in [2.45, 2.75) is 354 Å². The van der Waals surface area contributed by atoms with Crippen LogP contribution in [0.25, 0.3) is 0 Å². The van der Waals surface area contributed by atoms with Gasteiger partial charge in [-0.15, -0.1) is 0 Å². The van der Waals surface area contributed by atoms with Crippen LogP contribution < -0.4 is 0 Å². The third-order valence-electron chi connectivity index (χ3n) is 14.2. The molecule has 0 bridgehead atoms. The molecule has 0 amide bonds. The van der Waals surface area contributed by atoms with E-state index in [2.05, 4.69) is 45.1 Å². The van der Waals surface area contributed by atoms with E-state index in [-0.39, 0.29) is 31.1 Å². The van der Waals surface area contributed by atoms with Crippen LogP contribution in [0.4, 0.5) is 0 Å². The zero-order valence-electron chi connectivity index (χ0n) is 47.3. The lowest BCUT2D eigenvalue weighted by Crippen LogP contribution is -2.30. The van der Waals surface area contributed by atoms with Crippen LogP contribution in [-0.2, 0) is 28.6 Å². The van der Waals surface area contributed by atoms with Gasteiger partial charge < -0.3 is 14.2 Å². The van der Waals surface area contributed by atoms with Crippen LogP contribution in [0.1, 0.15) is 348 Å². The highest BCUT2D eigenvalue weighted by atomic mass is 16.6. The maximum atomic E-state index is 12.8. The standard InChI is InChI=1S/C64H120O6/c1-4-7-10-13-16-19-22-24-26-27-28-29-30-31-32-33-34-35-36-37-38-40-42-45-48-51-54-57-63(66)69-60-61(59-68-62(65)56-53-50-47-44-41-21-18-15-12-9-6-3)70-64(67)58-55-52-49-46-43-39-25-23-20-17-14-11-8-5-2/h23,25,27-28,61H,4-22,24,26,29-60H2,1-3H3/b25-23-,28-27-. The van der Waals surface area contributed by atoms with Crippen LogP contribution in [0.2, 0.25) is 0 Å². The Morgan fingerprint density at radius 1 is 0.271 bits per heavy atom. The van der Waals surface area contributed by atoms with E-state index < -0.39 is 6.10 Å². The van der Waals surface area contributed by atoms with E-state index in [4.69, 9.17) is 14.2 Å². The second-order valence-corrected chi connectivity index (χ2v) is 21.3. The third kappa shape index (κ3) is 56.8. The SMILES string of the molecule is CCCCCCC/C=C\CCCCCCCC(=O)OC(COC(=O)CCCCCCCCCCCCC)COC(=O)CCCCCCCCCCCCCCCCC/C=C\CCCCCCCCCC. The van der Waals surface area contributed by atoms with Crippen molar-refractivity contribution < 1.29 is 28.6 Å². The number of unbranched alkanes of at least 4 members (excludes halogenated alkanes) is 43. The molecule has 0 aliphatic carbocycles. The monoisotopic (exact) mass is 985 g/mol. The molecule has 0 aromatic heterocycles. The first-order chi connectivity index (χ1) is 34.5. The van der Waals surface area contributed by atoms with Gasteiger partial charge in [0, 0.05) is 19.3 Å². The number of carbonyl (C=O) groups excluding carboxylic acids is 3. The van der Waals surface area contributed by atoms with E-state index in [9.17, 15) is 14.4 Å². The number of esters is 3. The summed E-state index contributed by atoms with van der Waals surface area (Å²) in [6.07, 6.45) is 70.5. The molecule has 1 unspecified atom stereocenters. The van der Waals surface area contributed by atoms with Crippen molar-refractivity contribution in [2.75, 3.05) is 13.2 Å². The highest BCUT2D eigenvalue weighted by Crippen LogP contribution is 2.17. The molecule has 0 N–H and O–H groups in total. The number of allylic oxidation sites excluding steroid dienone is 4. The Morgan fingerprint density at radius 3 is 0.714 bits per heavy atom. The number of rotatable bonds is 58. The van der Waals surface area contributed by atoms with Gasteiger partial charge in [-0.05, 0) is 70.6 Å². The van der Waals surface area contributed by atoms with Gasteiger partial charge in [0.1, 0.15) is 13.2 Å². The fourth-order valence-electron chi connectivity index (χ4n) is 9.44. The minimum atomic E-state index is -0.771. The Kier molecular flexibility index (Phi) is 57.7. The van der Waals surface area contributed by atoms with Crippen LogP contribution in [0.3, 0.4) is 0 Å². The second-order valence-electron chi connectivity index (χ2n) is 21.3. The van der Waals surface area contributed by atoms with E-state index in [1.54, 1.807) is 0 Å². The van der Waals surface area contributed by atoms with Crippen LogP contribution in [0, 0.1) is 0 Å². The summed E-state index contributed by atoms with van der Waals surface area (Å²) in [5, 5.41) is 0. The lowest BCUT2D eigenvalue weighted by Gasteiger charge is -2.18. The average molecular weight is 986 g/mol. The molecule has 0 aromatic rings. The Labute approximate surface area is 436 Å². The predicted octanol–water partition coefficient (Wildman–Crippen LogP) is 21.1. The molecule has 0 saturated carbocycles. The van der Waals surface area contributed by atoms with E-state index >= 15 is 0 Å². The second kappa shape index (κ2) is 59.5. The molecule has 6 heteroatoms. The molecule has 0 aliphatic rings. The summed E-state index contributed by atoms with van der Waals surface area (Å²) >= 11 is 0. The van der Waals surface area contributed by atoms with Gasteiger partial charge in [0.2, 0.25) is 0 Å². The van der Waals surface area contributed by atoms with Gasteiger partial charge in [-0.2, -0.15) is 0 Å². The van der Waals surface area contributed by atoms with Crippen LogP contribution in [0.15, 0.2) is 24.3 Å². The van der Waals surface area contributed by atoms with Crippen LogP contribution in [-0.4, -0.2) is 37.2 Å². The number of hydrogen-bond donors (Lipinski definition) is 0. The summed E-state index contributed by atoms with van der Waals surface area (Å²) in [5.74, 6) is -0.857. The van der Waals surface area contributed by atoms with Gasteiger partial charge in [0.05, 0.1) is 0 Å². The summed E-state index contributed by atoms with van der Waals surface area (Å²) in [5.41, 5.74) is 0. The largest absolute Gasteiger partial charge is 0.462 e. The number of hydrogen-bond acceptors (Lipinski definition) is 6. The van der Waals surface area contributed by atoms with Crippen molar-refractivity contribution in [3.63, 3.8) is 0 Å². The summed E-state index contributed by atoms with van der Waals surface area (Å²) < 4.78 is 16.9. The molecular weight excluding hydrogens is 865 g/mol. The molecule has 0 rings (SSSR count). The highest BCUT2D eigenvalue weighted by Gasteiger charge is 2.19. The van der Waals surface area contributed by atoms with Crippen molar-refractivity contribution in [3.8, 4) is 0 Å². The summed E-state index contributed by atoms with van der Waals surface area (Å²) in [4.78, 5) is 38.1. The molecule has 70 heavy (non-hydrogen) atoms. The van der Waals surface area contributed by atoms with Crippen LogP contribution >= 0.6 is 0 Å². The quantitative estimate of drug-likeness (QED) is 0.0261. The van der Waals surface area contributed by atoms with Gasteiger partial charge in [-0.25, -0.2) is 0 Å². The molecule has 0 fully saturated rings. The third-order valence-corrected chi connectivity index (χ3v) is 14.2. The van der Waals surface area contributed by atoms with E-state index in [1.807, 2.05) is 0 Å². The van der Waals surface area contributed by atoms with Crippen LogP contribution in [0.5, 0.6) is 0 Å². The number of ether oxygens (including phenoxy) is 3. The van der Waals surface area contributed by atoms with E-state index in [0.717, 1.165) is 64.2 Å². The maximum absolute atomic E-state index is 12.8. The predicted molar refractivity (Wildman–Crippen MR) is 303 cm³/mol. The van der Waals surface area contributed by atoms with Gasteiger partial charge in [-0.1, -0.05) is 283 Å². The Balaban J connectivity index is 4.14. The maximum Gasteiger partial charge on any atom is 0.306 e. The molecule has 0 radical (unpaired) electrons. The molecule has 412 valence electrons. The van der Waals surface area contributed by atoms with Crippen molar-refractivity contribution in [1.82, 2.24) is 0 Å². The molecular formula is C64H120O6. The normalized spacial score (nSPS) is 12.1. The first-order valence-corrected chi connectivity index (χ1v) is 31.3. The van der Waals surface area contributed by atoms with Gasteiger partial charge >= 0.3 is 17.9 Å². The molecule has 0 heterocycles. The molecule has 6 nitrogen and oxygen atoms in total. The van der Waals surface area contributed by atoms with Crippen molar-refractivity contribution in [1.29, 1.82) is 0 Å². The summed E-state index contributed by atoms with van der Waals surface area (Å²) in [7, 11) is 0. The minimum absolute atomic E-state index is 0.0696.